The molecule has 0 bridgehead atoms. The molecule has 1 heteroatoms. The lowest BCUT2D eigenvalue weighted by Gasteiger charge is -2.39. The van der Waals surface area contributed by atoms with Crippen LogP contribution >= 0.6 is 0 Å². The Morgan fingerprint density at radius 1 is 0.800 bits per heavy atom. The summed E-state index contributed by atoms with van der Waals surface area (Å²) in [5.41, 5.74) is 0. The third kappa shape index (κ3) is 1.20. The zero-order valence-corrected chi connectivity index (χ0v) is 6.68. The number of piperidine rings is 2. The quantitative estimate of drug-likeness (QED) is 0.496. The largest absolute Gasteiger partial charge is 0.300 e. The molecule has 0 radical (unpaired) electrons. The zero-order valence-electron chi connectivity index (χ0n) is 6.68. The van der Waals surface area contributed by atoms with Crippen LogP contribution in [-0.4, -0.2) is 24.0 Å². The van der Waals surface area contributed by atoms with E-state index in [1.165, 1.54) is 51.6 Å². The molecule has 0 unspecified atom stereocenters. The van der Waals surface area contributed by atoms with Crippen LogP contribution in [-0.2, 0) is 0 Å². The van der Waals surface area contributed by atoms with Crippen LogP contribution < -0.4 is 0 Å². The molecule has 0 spiro atoms. The molecule has 0 aromatic carbocycles. The second-order valence-corrected chi connectivity index (χ2v) is 3.68. The summed E-state index contributed by atoms with van der Waals surface area (Å²) in [6.07, 6.45) is 8.86. The standard InChI is InChI=1S/C9H17N/c1-3-7-10-8-4-2-6-9(10)5-1/h9H,1-8H2. The van der Waals surface area contributed by atoms with Gasteiger partial charge in [0, 0.05) is 6.04 Å². The Bertz CT molecular complexity index is 85.3. The summed E-state index contributed by atoms with van der Waals surface area (Å²) >= 11 is 0. The molecule has 0 aliphatic carbocycles. The third-order valence-corrected chi connectivity index (χ3v) is 2.98. The molecule has 0 atom stereocenters. The number of nitrogens with zero attached hydrogens (tertiary/aromatic N) is 1. The van der Waals surface area contributed by atoms with E-state index in [-0.39, 0.29) is 0 Å². The molecular weight excluding hydrogens is 122 g/mol. The average molecular weight is 139 g/mol. The minimum absolute atomic E-state index is 0.988. The Labute approximate surface area is 63.4 Å². The molecular formula is C9H17N. The van der Waals surface area contributed by atoms with E-state index in [9.17, 15) is 0 Å². The molecule has 0 aromatic heterocycles. The molecule has 2 fully saturated rings. The monoisotopic (exact) mass is 139 g/mol. The molecule has 2 aliphatic heterocycles. The van der Waals surface area contributed by atoms with E-state index in [1.807, 2.05) is 0 Å². The van der Waals surface area contributed by atoms with E-state index in [0.717, 1.165) is 6.04 Å². The normalized spacial score (nSPS) is 30.0. The highest BCUT2D eigenvalue weighted by atomic mass is 15.2. The van der Waals surface area contributed by atoms with Gasteiger partial charge in [0.2, 0.25) is 0 Å². The van der Waals surface area contributed by atoms with Crippen molar-refractivity contribution in [2.45, 2.75) is 44.6 Å². The molecule has 0 saturated carbocycles. The van der Waals surface area contributed by atoms with Gasteiger partial charge in [-0.25, -0.2) is 0 Å². The number of fused-ring (bicyclic) bond motifs is 1. The zero-order chi connectivity index (χ0) is 6.81. The predicted molar refractivity (Wildman–Crippen MR) is 43.1 cm³/mol. The Hall–Kier alpha value is -0.0400. The molecule has 1 nitrogen and oxygen atoms in total. The minimum atomic E-state index is 0.988. The Morgan fingerprint density at radius 2 is 1.40 bits per heavy atom. The van der Waals surface area contributed by atoms with E-state index in [0.29, 0.717) is 0 Å². The van der Waals surface area contributed by atoms with Crippen LogP contribution in [0.1, 0.15) is 38.5 Å². The SMILES string of the molecule is C1CCN2CCCCC2C1. The topological polar surface area (TPSA) is 3.24 Å². The van der Waals surface area contributed by atoms with Crippen molar-refractivity contribution in [1.29, 1.82) is 0 Å². The second kappa shape index (κ2) is 2.91. The first kappa shape index (κ1) is 6.66. The van der Waals surface area contributed by atoms with Crippen molar-refractivity contribution in [2.24, 2.45) is 0 Å². The van der Waals surface area contributed by atoms with E-state index < -0.39 is 0 Å². The Kier molecular flexibility index (Phi) is 1.94. The van der Waals surface area contributed by atoms with Crippen molar-refractivity contribution in [3.63, 3.8) is 0 Å². The summed E-state index contributed by atoms with van der Waals surface area (Å²) in [6, 6.07) is 0.988. The fraction of sp³-hybridized carbons (Fsp3) is 1.00. The number of rotatable bonds is 0. The smallest absolute Gasteiger partial charge is 0.00952 e. The van der Waals surface area contributed by atoms with Crippen LogP contribution in [0.15, 0.2) is 0 Å². The van der Waals surface area contributed by atoms with Crippen molar-refractivity contribution in [3.8, 4) is 0 Å². The van der Waals surface area contributed by atoms with Gasteiger partial charge in [0.05, 0.1) is 0 Å². The highest BCUT2D eigenvalue weighted by Gasteiger charge is 2.24. The Balaban J connectivity index is 1.93. The van der Waals surface area contributed by atoms with Crippen molar-refractivity contribution >= 4 is 0 Å². The van der Waals surface area contributed by atoms with Gasteiger partial charge in [-0.3, -0.25) is 0 Å². The first-order valence-electron chi connectivity index (χ1n) is 4.71. The summed E-state index contributed by atoms with van der Waals surface area (Å²) in [5, 5.41) is 0. The van der Waals surface area contributed by atoms with Crippen molar-refractivity contribution in [3.05, 3.63) is 0 Å². The van der Waals surface area contributed by atoms with E-state index in [2.05, 4.69) is 4.90 Å². The maximum atomic E-state index is 2.70. The lowest BCUT2D eigenvalue weighted by atomic mass is 9.93. The van der Waals surface area contributed by atoms with E-state index >= 15 is 0 Å². The summed E-state index contributed by atoms with van der Waals surface area (Å²) in [6.45, 7) is 2.79. The van der Waals surface area contributed by atoms with Gasteiger partial charge in [-0.2, -0.15) is 0 Å². The van der Waals surface area contributed by atoms with Gasteiger partial charge in [0.25, 0.3) is 0 Å². The van der Waals surface area contributed by atoms with Crippen LogP contribution in [0.2, 0.25) is 0 Å². The highest BCUT2D eigenvalue weighted by molar-refractivity contribution is 4.80. The minimum Gasteiger partial charge on any atom is -0.300 e. The first-order valence-corrected chi connectivity index (χ1v) is 4.71. The molecule has 2 aliphatic rings. The van der Waals surface area contributed by atoms with Gasteiger partial charge in [-0.15, -0.1) is 0 Å². The van der Waals surface area contributed by atoms with Crippen LogP contribution in [0.4, 0.5) is 0 Å². The molecule has 58 valence electrons. The van der Waals surface area contributed by atoms with Gasteiger partial charge in [-0.1, -0.05) is 12.8 Å². The van der Waals surface area contributed by atoms with Crippen molar-refractivity contribution in [1.82, 2.24) is 4.90 Å². The van der Waals surface area contributed by atoms with Gasteiger partial charge < -0.3 is 4.90 Å². The number of hydrogen-bond acceptors (Lipinski definition) is 1. The summed E-state index contributed by atoms with van der Waals surface area (Å²) in [4.78, 5) is 2.70. The van der Waals surface area contributed by atoms with Crippen molar-refractivity contribution < 1.29 is 0 Å². The van der Waals surface area contributed by atoms with Crippen molar-refractivity contribution in [2.75, 3.05) is 13.1 Å². The van der Waals surface area contributed by atoms with Gasteiger partial charge in [0.15, 0.2) is 0 Å². The maximum absolute atomic E-state index is 2.70. The van der Waals surface area contributed by atoms with E-state index in [1.54, 1.807) is 0 Å². The van der Waals surface area contributed by atoms with Crippen LogP contribution in [0, 0.1) is 0 Å². The molecule has 2 rings (SSSR count). The number of hydrogen-bond donors (Lipinski definition) is 0. The second-order valence-electron chi connectivity index (χ2n) is 3.68. The van der Waals surface area contributed by atoms with Gasteiger partial charge in [0.1, 0.15) is 0 Å². The first-order chi connectivity index (χ1) is 4.97. The summed E-state index contributed by atoms with van der Waals surface area (Å²) < 4.78 is 0. The summed E-state index contributed by atoms with van der Waals surface area (Å²) in [5.74, 6) is 0. The Morgan fingerprint density at radius 3 is 1.90 bits per heavy atom. The fourth-order valence-corrected chi connectivity index (χ4v) is 2.38. The maximum Gasteiger partial charge on any atom is 0.00952 e. The average Bonchev–Trinajstić information content (AvgIpc) is 2.05. The van der Waals surface area contributed by atoms with E-state index in [4.69, 9.17) is 0 Å². The lowest BCUT2D eigenvalue weighted by Crippen LogP contribution is -2.42. The predicted octanol–water partition coefficient (Wildman–Crippen LogP) is 2.02. The third-order valence-electron chi connectivity index (χ3n) is 2.98. The van der Waals surface area contributed by atoms with Gasteiger partial charge >= 0.3 is 0 Å². The van der Waals surface area contributed by atoms with Crippen LogP contribution in [0.5, 0.6) is 0 Å². The molecule has 0 aromatic rings. The molecule has 2 saturated heterocycles. The summed E-state index contributed by atoms with van der Waals surface area (Å²) in [7, 11) is 0. The molecule has 2 heterocycles. The molecule has 10 heavy (non-hydrogen) atoms. The molecule has 0 N–H and O–H groups in total. The van der Waals surface area contributed by atoms with Crippen LogP contribution in [0.25, 0.3) is 0 Å². The lowest BCUT2D eigenvalue weighted by molar-refractivity contribution is 0.109. The van der Waals surface area contributed by atoms with Crippen LogP contribution in [0.3, 0.4) is 0 Å². The highest BCUT2D eigenvalue weighted by Crippen LogP contribution is 2.25. The fourth-order valence-electron chi connectivity index (χ4n) is 2.38. The van der Waals surface area contributed by atoms with Gasteiger partial charge in [-0.05, 0) is 38.8 Å². The molecule has 0 amide bonds.